The van der Waals surface area contributed by atoms with Crippen LogP contribution >= 0.6 is 11.8 Å². The predicted molar refractivity (Wildman–Crippen MR) is 128 cm³/mol. The molecule has 0 bridgehead atoms. The molecule has 4 rings (SSSR count). The standard InChI is InChI=1S/C24H25N5O2S/c1-17-22(23(31)29(28(17)3)19-12-8-5-9-13-19)26-21(30)14-15-32-24-25-16-20(27(24)2)18-10-6-4-7-11-18/h4-13,16H,14-15H2,1-3H3,(H,26,30). The van der Waals surface area contributed by atoms with Crippen LogP contribution in [-0.2, 0) is 18.9 Å². The van der Waals surface area contributed by atoms with Crippen molar-refractivity contribution in [1.29, 1.82) is 0 Å². The molecular weight excluding hydrogens is 422 g/mol. The lowest BCUT2D eigenvalue weighted by Crippen LogP contribution is -2.23. The van der Waals surface area contributed by atoms with Gasteiger partial charge in [0.1, 0.15) is 5.69 Å². The molecule has 0 radical (unpaired) electrons. The van der Waals surface area contributed by atoms with Crippen LogP contribution in [0.3, 0.4) is 0 Å². The maximum Gasteiger partial charge on any atom is 0.295 e. The van der Waals surface area contributed by atoms with Crippen LogP contribution < -0.4 is 10.9 Å². The first-order valence-electron chi connectivity index (χ1n) is 10.3. The monoisotopic (exact) mass is 447 g/mol. The zero-order chi connectivity index (χ0) is 22.7. The summed E-state index contributed by atoms with van der Waals surface area (Å²) in [6.45, 7) is 1.82. The first-order chi connectivity index (χ1) is 15.5. The van der Waals surface area contributed by atoms with E-state index in [0.29, 0.717) is 17.1 Å². The zero-order valence-corrected chi connectivity index (χ0v) is 19.1. The van der Waals surface area contributed by atoms with Gasteiger partial charge in [-0.25, -0.2) is 9.67 Å². The molecular formula is C24H25N5O2S. The van der Waals surface area contributed by atoms with E-state index in [1.165, 1.54) is 11.8 Å². The van der Waals surface area contributed by atoms with Crippen molar-refractivity contribution < 1.29 is 4.79 Å². The van der Waals surface area contributed by atoms with Gasteiger partial charge in [-0.05, 0) is 24.6 Å². The van der Waals surface area contributed by atoms with Crippen molar-refractivity contribution in [3.63, 3.8) is 0 Å². The van der Waals surface area contributed by atoms with Crippen LogP contribution in [0, 0.1) is 6.92 Å². The van der Waals surface area contributed by atoms with Crippen LogP contribution in [0.15, 0.2) is 76.8 Å². The van der Waals surface area contributed by atoms with Crippen molar-refractivity contribution in [3.05, 3.63) is 82.9 Å². The van der Waals surface area contributed by atoms with Crippen molar-refractivity contribution in [2.75, 3.05) is 11.1 Å². The van der Waals surface area contributed by atoms with E-state index in [0.717, 1.165) is 22.1 Å². The summed E-state index contributed by atoms with van der Waals surface area (Å²) in [5.41, 5.74) is 3.66. The molecule has 0 saturated carbocycles. The number of hydrogen-bond donors (Lipinski definition) is 1. The fourth-order valence-corrected chi connectivity index (χ4v) is 4.44. The molecule has 4 aromatic rings. The van der Waals surface area contributed by atoms with Crippen molar-refractivity contribution >= 4 is 23.4 Å². The number of nitrogens with one attached hydrogen (secondary N) is 1. The second-order valence-electron chi connectivity index (χ2n) is 7.43. The predicted octanol–water partition coefficient (Wildman–Crippen LogP) is 4.01. The number of carbonyl (C=O) groups excluding carboxylic acids is 1. The Morgan fingerprint density at radius 3 is 2.38 bits per heavy atom. The third-order valence-electron chi connectivity index (χ3n) is 5.39. The third-order valence-corrected chi connectivity index (χ3v) is 6.44. The Hall–Kier alpha value is -3.52. The summed E-state index contributed by atoms with van der Waals surface area (Å²) < 4.78 is 5.33. The average Bonchev–Trinajstić information content (AvgIpc) is 3.27. The summed E-state index contributed by atoms with van der Waals surface area (Å²) in [6.07, 6.45) is 2.12. The van der Waals surface area contributed by atoms with Crippen molar-refractivity contribution in [1.82, 2.24) is 18.9 Å². The molecule has 0 atom stereocenters. The van der Waals surface area contributed by atoms with Gasteiger partial charge in [-0.1, -0.05) is 60.3 Å². The maximum absolute atomic E-state index is 12.9. The Morgan fingerprint density at radius 2 is 1.69 bits per heavy atom. The normalized spacial score (nSPS) is 11.0. The second-order valence-corrected chi connectivity index (χ2v) is 8.50. The molecule has 0 fully saturated rings. The molecule has 8 heteroatoms. The highest BCUT2D eigenvalue weighted by molar-refractivity contribution is 7.99. The average molecular weight is 448 g/mol. The van der Waals surface area contributed by atoms with Gasteiger partial charge in [0, 0.05) is 26.3 Å². The number of amides is 1. The van der Waals surface area contributed by atoms with E-state index >= 15 is 0 Å². The van der Waals surface area contributed by atoms with Gasteiger partial charge >= 0.3 is 0 Å². The number of thioether (sulfide) groups is 1. The Bertz CT molecular complexity index is 1290. The number of imidazole rings is 1. The van der Waals surface area contributed by atoms with Crippen LogP contribution in [0.4, 0.5) is 5.69 Å². The number of benzene rings is 2. The van der Waals surface area contributed by atoms with Crippen LogP contribution in [-0.4, -0.2) is 30.6 Å². The quantitative estimate of drug-likeness (QED) is 0.435. The van der Waals surface area contributed by atoms with E-state index in [1.807, 2.05) is 85.4 Å². The van der Waals surface area contributed by atoms with Crippen LogP contribution in [0.25, 0.3) is 16.9 Å². The Labute approximate surface area is 190 Å². The summed E-state index contributed by atoms with van der Waals surface area (Å²) in [5.74, 6) is 0.366. The lowest BCUT2D eigenvalue weighted by molar-refractivity contribution is -0.115. The minimum absolute atomic E-state index is 0.194. The summed E-state index contributed by atoms with van der Waals surface area (Å²) in [6, 6.07) is 19.4. The number of rotatable bonds is 7. The number of carbonyl (C=O) groups is 1. The molecule has 7 nitrogen and oxygen atoms in total. The van der Waals surface area contributed by atoms with Crippen LogP contribution in [0.5, 0.6) is 0 Å². The van der Waals surface area contributed by atoms with Crippen molar-refractivity contribution in [2.45, 2.75) is 18.5 Å². The first kappa shape index (κ1) is 21.7. The molecule has 0 saturated heterocycles. The zero-order valence-electron chi connectivity index (χ0n) is 18.3. The minimum Gasteiger partial charge on any atom is -0.322 e. The lowest BCUT2D eigenvalue weighted by atomic mass is 10.2. The van der Waals surface area contributed by atoms with E-state index in [2.05, 4.69) is 10.3 Å². The Morgan fingerprint density at radius 1 is 1.03 bits per heavy atom. The smallest absolute Gasteiger partial charge is 0.295 e. The summed E-state index contributed by atoms with van der Waals surface area (Å²) in [5, 5.41) is 3.65. The molecule has 2 heterocycles. The van der Waals surface area contributed by atoms with Gasteiger partial charge in [-0.2, -0.15) is 0 Å². The Balaban J connectivity index is 1.41. The fourth-order valence-electron chi connectivity index (χ4n) is 3.55. The van der Waals surface area contributed by atoms with Gasteiger partial charge in [0.25, 0.3) is 5.56 Å². The molecule has 1 N–H and O–H groups in total. The molecule has 32 heavy (non-hydrogen) atoms. The number of nitrogens with zero attached hydrogens (tertiary/aromatic N) is 4. The third kappa shape index (κ3) is 4.27. The molecule has 0 spiro atoms. The molecule has 164 valence electrons. The van der Waals surface area contributed by atoms with Crippen LogP contribution in [0.2, 0.25) is 0 Å². The molecule has 0 aliphatic rings. The van der Waals surface area contributed by atoms with E-state index in [1.54, 1.807) is 16.4 Å². The number of hydrogen-bond acceptors (Lipinski definition) is 4. The highest BCUT2D eigenvalue weighted by Crippen LogP contribution is 2.25. The molecule has 0 unspecified atom stereocenters. The lowest BCUT2D eigenvalue weighted by Gasteiger charge is -2.07. The molecule has 2 aromatic heterocycles. The van der Waals surface area contributed by atoms with Crippen molar-refractivity contribution in [2.24, 2.45) is 14.1 Å². The van der Waals surface area contributed by atoms with Gasteiger partial charge in [-0.15, -0.1) is 0 Å². The van der Waals surface area contributed by atoms with Gasteiger partial charge in [0.15, 0.2) is 5.16 Å². The first-order valence-corrected chi connectivity index (χ1v) is 11.3. The highest BCUT2D eigenvalue weighted by Gasteiger charge is 2.18. The van der Waals surface area contributed by atoms with Gasteiger partial charge in [0.2, 0.25) is 5.91 Å². The minimum atomic E-state index is -0.242. The summed E-state index contributed by atoms with van der Waals surface area (Å²) in [7, 11) is 3.78. The van der Waals surface area contributed by atoms with Gasteiger partial charge in [0.05, 0.1) is 23.3 Å². The SMILES string of the molecule is Cc1c(NC(=O)CCSc2ncc(-c3ccccc3)n2C)c(=O)n(-c2ccccc2)n1C. The van der Waals surface area contributed by atoms with Crippen molar-refractivity contribution in [3.8, 4) is 16.9 Å². The fraction of sp³-hybridized carbons (Fsp3) is 0.208. The van der Waals surface area contributed by atoms with E-state index in [-0.39, 0.29) is 17.9 Å². The molecule has 0 aliphatic heterocycles. The highest BCUT2D eigenvalue weighted by atomic mass is 32.2. The molecule has 2 aromatic carbocycles. The summed E-state index contributed by atoms with van der Waals surface area (Å²) in [4.78, 5) is 30.0. The Kier molecular flexibility index (Phi) is 6.32. The van der Waals surface area contributed by atoms with Crippen LogP contribution in [0.1, 0.15) is 12.1 Å². The molecule has 1 amide bonds. The van der Waals surface area contributed by atoms with E-state index < -0.39 is 0 Å². The number of para-hydroxylation sites is 1. The van der Waals surface area contributed by atoms with E-state index in [4.69, 9.17) is 0 Å². The van der Waals surface area contributed by atoms with Gasteiger partial charge in [-0.3, -0.25) is 14.3 Å². The second kappa shape index (κ2) is 9.32. The summed E-state index contributed by atoms with van der Waals surface area (Å²) >= 11 is 1.52. The molecule has 0 aliphatic carbocycles. The largest absolute Gasteiger partial charge is 0.322 e. The topological polar surface area (TPSA) is 73.8 Å². The van der Waals surface area contributed by atoms with Gasteiger partial charge < -0.3 is 9.88 Å². The number of anilines is 1. The van der Waals surface area contributed by atoms with E-state index in [9.17, 15) is 9.59 Å². The maximum atomic E-state index is 12.9. The number of aromatic nitrogens is 4.